The number of hydrogen-bond donors (Lipinski definition) is 1. The van der Waals surface area contributed by atoms with E-state index in [1.165, 1.54) is 16.9 Å². The molecular weight excluding hydrogens is 357 g/mol. The summed E-state index contributed by atoms with van der Waals surface area (Å²) in [7, 11) is 0. The Morgan fingerprint density at radius 1 is 1.19 bits per heavy atom. The molecule has 0 atom stereocenters. The lowest BCUT2D eigenvalue weighted by Crippen LogP contribution is -2.21. The van der Waals surface area contributed by atoms with Crippen LogP contribution < -0.4 is 5.32 Å². The van der Waals surface area contributed by atoms with Gasteiger partial charge in [0.25, 0.3) is 0 Å². The van der Waals surface area contributed by atoms with Crippen molar-refractivity contribution in [2.24, 2.45) is 0 Å². The van der Waals surface area contributed by atoms with Gasteiger partial charge in [0.1, 0.15) is 12.4 Å². The number of aromatic nitrogens is 4. The molecular formula is C18H19ClFN5O. The number of hydrogen-bond acceptors (Lipinski definition) is 3. The highest BCUT2D eigenvalue weighted by Gasteiger charge is 2.16. The van der Waals surface area contributed by atoms with E-state index in [1.807, 2.05) is 6.92 Å². The fourth-order valence-corrected chi connectivity index (χ4v) is 2.86. The molecule has 0 radical (unpaired) electrons. The fourth-order valence-electron chi connectivity index (χ4n) is 2.72. The second kappa shape index (κ2) is 7.29. The molecule has 3 rings (SSSR count). The first kappa shape index (κ1) is 18.1. The zero-order chi connectivity index (χ0) is 18.8. The number of nitrogens with one attached hydrogen (secondary N) is 1. The maximum Gasteiger partial charge on any atom is 0.246 e. The Kier molecular flexibility index (Phi) is 5.08. The van der Waals surface area contributed by atoms with Crippen molar-refractivity contribution in [1.82, 2.24) is 19.6 Å². The minimum atomic E-state index is -0.281. The molecule has 26 heavy (non-hydrogen) atoms. The van der Waals surface area contributed by atoms with Crippen LogP contribution in [0.2, 0.25) is 5.02 Å². The second-order valence-electron chi connectivity index (χ2n) is 6.08. The van der Waals surface area contributed by atoms with Crippen molar-refractivity contribution in [3.63, 3.8) is 0 Å². The molecule has 0 aliphatic rings. The zero-order valence-corrected chi connectivity index (χ0v) is 15.5. The van der Waals surface area contributed by atoms with Crippen LogP contribution in [0.4, 0.5) is 10.1 Å². The van der Waals surface area contributed by atoms with Gasteiger partial charge in [-0.25, -0.2) is 4.39 Å². The lowest BCUT2D eigenvalue weighted by molar-refractivity contribution is -0.116. The molecule has 0 aliphatic carbocycles. The number of anilines is 1. The molecule has 2 aromatic heterocycles. The first-order chi connectivity index (χ1) is 12.4. The highest BCUT2D eigenvalue weighted by molar-refractivity contribution is 6.31. The summed E-state index contributed by atoms with van der Waals surface area (Å²) in [5.41, 5.74) is 3.32. The third-order valence-electron chi connectivity index (χ3n) is 4.26. The van der Waals surface area contributed by atoms with Gasteiger partial charge in [-0.05, 0) is 26.8 Å². The van der Waals surface area contributed by atoms with Crippen molar-refractivity contribution < 1.29 is 9.18 Å². The molecule has 3 aromatic rings. The van der Waals surface area contributed by atoms with E-state index in [0.717, 1.165) is 11.4 Å². The second-order valence-corrected chi connectivity index (χ2v) is 6.49. The first-order valence-corrected chi connectivity index (χ1v) is 8.49. The Balaban J connectivity index is 1.76. The highest BCUT2D eigenvalue weighted by atomic mass is 35.5. The average Bonchev–Trinajstić information content (AvgIpc) is 3.05. The topological polar surface area (TPSA) is 64.7 Å². The molecule has 136 valence electrons. The number of nitrogens with zero attached hydrogens (tertiary/aromatic N) is 4. The van der Waals surface area contributed by atoms with Crippen LogP contribution in [-0.2, 0) is 17.9 Å². The lowest BCUT2D eigenvalue weighted by Gasteiger charge is -2.09. The number of benzene rings is 1. The number of rotatable bonds is 5. The summed E-state index contributed by atoms with van der Waals surface area (Å²) < 4.78 is 17.1. The maximum atomic E-state index is 13.9. The van der Waals surface area contributed by atoms with Gasteiger partial charge in [0.15, 0.2) is 0 Å². The van der Waals surface area contributed by atoms with E-state index in [2.05, 4.69) is 15.5 Å². The summed E-state index contributed by atoms with van der Waals surface area (Å²) in [6, 6.07) is 6.56. The molecule has 0 fully saturated rings. The summed E-state index contributed by atoms with van der Waals surface area (Å²) >= 11 is 5.96. The van der Waals surface area contributed by atoms with Crippen molar-refractivity contribution in [3.8, 4) is 0 Å². The van der Waals surface area contributed by atoms with Gasteiger partial charge in [-0.2, -0.15) is 10.2 Å². The standard InChI is InChI=1S/C18H19ClFN5O/c1-11-18(22-17(26)10-24-12(2)15(19)8-21-24)13(3)25(23-11)9-14-6-4-5-7-16(14)20/h4-8H,9-10H2,1-3H3,(H,22,26). The molecule has 1 aromatic carbocycles. The lowest BCUT2D eigenvalue weighted by atomic mass is 10.2. The van der Waals surface area contributed by atoms with E-state index in [4.69, 9.17) is 11.6 Å². The van der Waals surface area contributed by atoms with E-state index in [-0.39, 0.29) is 18.3 Å². The monoisotopic (exact) mass is 375 g/mol. The molecule has 8 heteroatoms. The number of aryl methyl sites for hydroxylation is 1. The molecule has 0 unspecified atom stereocenters. The molecule has 6 nitrogen and oxygen atoms in total. The van der Waals surface area contributed by atoms with Crippen LogP contribution in [0, 0.1) is 26.6 Å². The van der Waals surface area contributed by atoms with Crippen LogP contribution in [-0.4, -0.2) is 25.5 Å². The van der Waals surface area contributed by atoms with Crippen LogP contribution in [0.5, 0.6) is 0 Å². The average molecular weight is 376 g/mol. The molecule has 0 spiro atoms. The Morgan fingerprint density at radius 2 is 1.92 bits per heavy atom. The number of carbonyl (C=O) groups excluding carboxylic acids is 1. The van der Waals surface area contributed by atoms with Gasteiger partial charge >= 0.3 is 0 Å². The zero-order valence-electron chi connectivity index (χ0n) is 14.8. The van der Waals surface area contributed by atoms with E-state index >= 15 is 0 Å². The van der Waals surface area contributed by atoms with E-state index in [9.17, 15) is 9.18 Å². The Labute approximate surface area is 155 Å². The van der Waals surface area contributed by atoms with Crippen molar-refractivity contribution >= 4 is 23.2 Å². The van der Waals surface area contributed by atoms with Crippen LogP contribution in [0.15, 0.2) is 30.5 Å². The molecule has 2 heterocycles. The van der Waals surface area contributed by atoms with Crippen molar-refractivity contribution in [2.45, 2.75) is 33.9 Å². The van der Waals surface area contributed by atoms with Gasteiger partial charge in [-0.15, -0.1) is 0 Å². The largest absolute Gasteiger partial charge is 0.321 e. The Bertz CT molecular complexity index is 963. The summed E-state index contributed by atoms with van der Waals surface area (Å²) in [5, 5.41) is 11.9. The Morgan fingerprint density at radius 3 is 2.58 bits per heavy atom. The third kappa shape index (κ3) is 3.62. The van der Waals surface area contributed by atoms with Crippen LogP contribution in [0.3, 0.4) is 0 Å². The summed E-state index contributed by atoms with van der Waals surface area (Å²) in [6.45, 7) is 5.79. The van der Waals surface area contributed by atoms with Crippen molar-refractivity contribution in [1.29, 1.82) is 0 Å². The van der Waals surface area contributed by atoms with Gasteiger partial charge < -0.3 is 5.32 Å². The predicted molar refractivity (Wildman–Crippen MR) is 97.8 cm³/mol. The molecule has 0 bridgehead atoms. The van der Waals surface area contributed by atoms with Crippen LogP contribution in [0.1, 0.15) is 22.6 Å². The molecule has 0 saturated carbocycles. The van der Waals surface area contributed by atoms with Crippen LogP contribution in [0.25, 0.3) is 0 Å². The molecule has 0 saturated heterocycles. The molecule has 1 amide bonds. The van der Waals surface area contributed by atoms with Gasteiger partial charge in [0.2, 0.25) is 5.91 Å². The Hall–Kier alpha value is -2.67. The first-order valence-electron chi connectivity index (χ1n) is 8.12. The summed E-state index contributed by atoms with van der Waals surface area (Å²) in [4.78, 5) is 12.4. The normalized spacial score (nSPS) is 11.0. The number of carbonyl (C=O) groups is 1. The predicted octanol–water partition coefficient (Wildman–Crippen LogP) is 3.48. The highest BCUT2D eigenvalue weighted by Crippen LogP contribution is 2.21. The number of halogens is 2. The van der Waals surface area contributed by atoms with Gasteiger partial charge in [0.05, 0.1) is 40.5 Å². The minimum absolute atomic E-state index is 0.0515. The van der Waals surface area contributed by atoms with Gasteiger partial charge in [-0.1, -0.05) is 29.8 Å². The SMILES string of the molecule is Cc1nn(Cc2ccccc2F)c(C)c1NC(=O)Cn1ncc(Cl)c1C. The van der Waals surface area contributed by atoms with Crippen molar-refractivity contribution in [2.75, 3.05) is 5.32 Å². The number of amides is 1. The third-order valence-corrected chi connectivity index (χ3v) is 4.63. The summed E-state index contributed by atoms with van der Waals surface area (Å²) in [6.07, 6.45) is 1.51. The fraction of sp³-hybridized carbons (Fsp3) is 0.278. The van der Waals surface area contributed by atoms with E-state index < -0.39 is 0 Å². The molecule has 1 N–H and O–H groups in total. The van der Waals surface area contributed by atoms with Crippen molar-refractivity contribution in [3.05, 3.63) is 63.9 Å². The summed E-state index contributed by atoms with van der Waals surface area (Å²) in [5.74, 6) is -0.513. The molecule has 0 aliphatic heterocycles. The van der Waals surface area contributed by atoms with Crippen LogP contribution >= 0.6 is 11.6 Å². The van der Waals surface area contributed by atoms with E-state index in [1.54, 1.807) is 36.7 Å². The van der Waals surface area contributed by atoms with E-state index in [0.29, 0.717) is 28.5 Å². The minimum Gasteiger partial charge on any atom is -0.321 e. The maximum absolute atomic E-state index is 13.9. The quantitative estimate of drug-likeness (QED) is 0.742. The smallest absolute Gasteiger partial charge is 0.246 e. The van der Waals surface area contributed by atoms with Gasteiger partial charge in [0, 0.05) is 5.56 Å². The van der Waals surface area contributed by atoms with Gasteiger partial charge in [-0.3, -0.25) is 14.2 Å².